The maximum Gasteiger partial charge on any atom is 0.257 e. The number of nitrogens with two attached hydrogens (primary N) is 1. The molecular formula is C13H17N3O2. The monoisotopic (exact) mass is 247 g/mol. The van der Waals surface area contributed by atoms with E-state index in [0.29, 0.717) is 31.3 Å². The van der Waals surface area contributed by atoms with Gasteiger partial charge < -0.3 is 15.0 Å². The summed E-state index contributed by atoms with van der Waals surface area (Å²) < 4.78 is 10.2. The fourth-order valence-corrected chi connectivity index (χ4v) is 1.69. The molecule has 0 spiro atoms. The van der Waals surface area contributed by atoms with E-state index >= 15 is 0 Å². The number of methoxy groups -OCH3 is 1. The summed E-state index contributed by atoms with van der Waals surface area (Å²) >= 11 is 0. The summed E-state index contributed by atoms with van der Waals surface area (Å²) in [4.78, 5) is 4.33. The molecule has 0 bridgehead atoms. The second kappa shape index (κ2) is 6.28. The highest BCUT2D eigenvalue weighted by Crippen LogP contribution is 2.18. The van der Waals surface area contributed by atoms with Crippen molar-refractivity contribution in [3.05, 3.63) is 35.7 Å². The first kappa shape index (κ1) is 12.7. The molecule has 0 saturated heterocycles. The van der Waals surface area contributed by atoms with Crippen LogP contribution in [0.1, 0.15) is 11.4 Å². The zero-order valence-electron chi connectivity index (χ0n) is 10.4. The minimum atomic E-state index is 0.542. The molecule has 0 atom stereocenters. The smallest absolute Gasteiger partial charge is 0.257 e. The molecule has 0 saturated carbocycles. The molecule has 5 heteroatoms. The van der Waals surface area contributed by atoms with Crippen molar-refractivity contribution in [2.75, 3.05) is 20.3 Å². The lowest BCUT2D eigenvalue weighted by Crippen LogP contribution is -2.02. The highest BCUT2D eigenvalue weighted by Gasteiger charge is 2.08. The molecule has 1 heterocycles. The molecule has 0 fully saturated rings. The fraction of sp³-hybridized carbons (Fsp3) is 0.385. The van der Waals surface area contributed by atoms with Gasteiger partial charge in [-0.3, -0.25) is 0 Å². The lowest BCUT2D eigenvalue weighted by molar-refractivity contribution is 0.199. The third kappa shape index (κ3) is 3.15. The first-order valence-corrected chi connectivity index (χ1v) is 5.94. The number of hydrogen-bond acceptors (Lipinski definition) is 5. The van der Waals surface area contributed by atoms with E-state index in [2.05, 4.69) is 10.1 Å². The molecule has 1 aromatic heterocycles. The third-order valence-electron chi connectivity index (χ3n) is 2.60. The highest BCUT2D eigenvalue weighted by atomic mass is 16.5. The van der Waals surface area contributed by atoms with Crippen molar-refractivity contribution < 1.29 is 9.26 Å². The second-order valence-electron chi connectivity index (χ2n) is 4.00. The average Bonchev–Trinajstić information content (AvgIpc) is 2.86. The van der Waals surface area contributed by atoms with E-state index < -0.39 is 0 Å². The maximum atomic E-state index is 5.54. The minimum absolute atomic E-state index is 0.542. The summed E-state index contributed by atoms with van der Waals surface area (Å²) in [6.45, 7) is 1.22. The second-order valence-corrected chi connectivity index (χ2v) is 4.00. The van der Waals surface area contributed by atoms with E-state index in [9.17, 15) is 0 Å². The standard InChI is InChI=1S/C13H17N3O2/c1-17-8-6-12-15-13(18-16-12)11-4-2-3-10(9-11)5-7-14/h2-4,9H,5-8,14H2,1H3. The topological polar surface area (TPSA) is 74.2 Å². The van der Waals surface area contributed by atoms with Gasteiger partial charge in [0.25, 0.3) is 5.89 Å². The lowest BCUT2D eigenvalue weighted by Gasteiger charge is -1.99. The van der Waals surface area contributed by atoms with Crippen LogP contribution in [0.25, 0.3) is 11.5 Å². The van der Waals surface area contributed by atoms with Crippen LogP contribution in [-0.4, -0.2) is 30.4 Å². The van der Waals surface area contributed by atoms with Crippen molar-refractivity contribution in [1.82, 2.24) is 10.1 Å². The molecule has 5 nitrogen and oxygen atoms in total. The predicted molar refractivity (Wildman–Crippen MR) is 68.1 cm³/mol. The van der Waals surface area contributed by atoms with Gasteiger partial charge in [-0.25, -0.2) is 0 Å². The van der Waals surface area contributed by atoms with Crippen LogP contribution in [0.5, 0.6) is 0 Å². The summed E-state index contributed by atoms with van der Waals surface area (Å²) in [5, 5.41) is 3.91. The molecule has 0 aliphatic rings. The molecule has 96 valence electrons. The molecular weight excluding hydrogens is 230 g/mol. The van der Waals surface area contributed by atoms with Gasteiger partial charge in [0.15, 0.2) is 5.82 Å². The van der Waals surface area contributed by atoms with Crippen molar-refractivity contribution in [1.29, 1.82) is 0 Å². The van der Waals surface area contributed by atoms with E-state index in [4.69, 9.17) is 15.0 Å². The molecule has 2 rings (SSSR count). The third-order valence-corrected chi connectivity index (χ3v) is 2.60. The number of aromatic nitrogens is 2. The van der Waals surface area contributed by atoms with Gasteiger partial charge in [-0.15, -0.1) is 0 Å². The fourth-order valence-electron chi connectivity index (χ4n) is 1.69. The van der Waals surface area contributed by atoms with Gasteiger partial charge in [0, 0.05) is 19.1 Å². The molecule has 2 aromatic rings. The van der Waals surface area contributed by atoms with Gasteiger partial charge in [0.2, 0.25) is 0 Å². The van der Waals surface area contributed by atoms with Crippen LogP contribution < -0.4 is 5.73 Å². The van der Waals surface area contributed by atoms with E-state index in [-0.39, 0.29) is 0 Å². The Balaban J connectivity index is 2.15. The highest BCUT2D eigenvalue weighted by molar-refractivity contribution is 5.54. The van der Waals surface area contributed by atoms with Crippen LogP contribution in [0.3, 0.4) is 0 Å². The Bertz CT molecular complexity index is 496. The SMILES string of the molecule is COCCc1noc(-c2cccc(CCN)c2)n1. The Morgan fingerprint density at radius 1 is 1.33 bits per heavy atom. The van der Waals surface area contributed by atoms with Crippen LogP contribution in [-0.2, 0) is 17.6 Å². The van der Waals surface area contributed by atoms with Gasteiger partial charge in [-0.05, 0) is 30.7 Å². The Morgan fingerprint density at radius 2 is 2.22 bits per heavy atom. The molecule has 0 amide bonds. The lowest BCUT2D eigenvalue weighted by atomic mass is 10.1. The van der Waals surface area contributed by atoms with Crippen molar-refractivity contribution in [2.45, 2.75) is 12.8 Å². The Labute approximate surface area is 106 Å². The van der Waals surface area contributed by atoms with Crippen LogP contribution in [0, 0.1) is 0 Å². The van der Waals surface area contributed by atoms with Gasteiger partial charge in [0.05, 0.1) is 6.61 Å². The molecule has 0 aliphatic carbocycles. The normalized spacial score (nSPS) is 10.8. The quantitative estimate of drug-likeness (QED) is 0.835. The Morgan fingerprint density at radius 3 is 3.00 bits per heavy atom. The first-order chi connectivity index (χ1) is 8.83. The van der Waals surface area contributed by atoms with Crippen LogP contribution in [0.2, 0.25) is 0 Å². The van der Waals surface area contributed by atoms with Crippen LogP contribution in [0.4, 0.5) is 0 Å². The van der Waals surface area contributed by atoms with E-state index in [1.54, 1.807) is 7.11 Å². The van der Waals surface area contributed by atoms with E-state index in [1.165, 1.54) is 5.56 Å². The Hall–Kier alpha value is -1.72. The molecule has 0 radical (unpaired) electrons. The predicted octanol–water partition coefficient (Wildman–Crippen LogP) is 1.43. The van der Waals surface area contributed by atoms with Gasteiger partial charge in [-0.1, -0.05) is 17.3 Å². The average molecular weight is 247 g/mol. The van der Waals surface area contributed by atoms with Crippen molar-refractivity contribution in [3.63, 3.8) is 0 Å². The van der Waals surface area contributed by atoms with E-state index in [1.807, 2.05) is 24.3 Å². The zero-order chi connectivity index (χ0) is 12.8. The van der Waals surface area contributed by atoms with E-state index in [0.717, 1.165) is 12.0 Å². The zero-order valence-corrected chi connectivity index (χ0v) is 10.4. The van der Waals surface area contributed by atoms with Gasteiger partial charge in [-0.2, -0.15) is 4.98 Å². The molecule has 18 heavy (non-hydrogen) atoms. The summed E-state index contributed by atoms with van der Waals surface area (Å²) in [5.41, 5.74) is 7.64. The largest absolute Gasteiger partial charge is 0.384 e. The number of rotatable bonds is 6. The number of ether oxygens (including phenoxy) is 1. The summed E-state index contributed by atoms with van der Waals surface area (Å²) in [6, 6.07) is 7.99. The molecule has 0 aliphatic heterocycles. The van der Waals surface area contributed by atoms with Crippen LogP contribution >= 0.6 is 0 Å². The van der Waals surface area contributed by atoms with Gasteiger partial charge >= 0.3 is 0 Å². The molecule has 0 unspecified atom stereocenters. The van der Waals surface area contributed by atoms with Crippen molar-refractivity contribution >= 4 is 0 Å². The van der Waals surface area contributed by atoms with Crippen molar-refractivity contribution in [3.8, 4) is 11.5 Å². The van der Waals surface area contributed by atoms with Gasteiger partial charge in [0.1, 0.15) is 0 Å². The first-order valence-electron chi connectivity index (χ1n) is 5.94. The number of benzene rings is 1. The minimum Gasteiger partial charge on any atom is -0.384 e. The Kier molecular flexibility index (Phi) is 4.44. The summed E-state index contributed by atoms with van der Waals surface area (Å²) in [5.74, 6) is 1.20. The molecule has 1 aromatic carbocycles. The molecule has 2 N–H and O–H groups in total. The number of nitrogens with zero attached hydrogens (tertiary/aromatic N) is 2. The van der Waals surface area contributed by atoms with Crippen molar-refractivity contribution in [2.24, 2.45) is 5.73 Å². The summed E-state index contributed by atoms with van der Waals surface area (Å²) in [6.07, 6.45) is 1.50. The number of hydrogen-bond donors (Lipinski definition) is 1. The maximum absolute atomic E-state index is 5.54. The summed E-state index contributed by atoms with van der Waals surface area (Å²) in [7, 11) is 1.65. The van der Waals surface area contributed by atoms with Crippen LogP contribution in [0.15, 0.2) is 28.8 Å².